The van der Waals surface area contributed by atoms with Crippen LogP contribution < -0.4 is 10.1 Å². The number of nitrogens with zero attached hydrogens (tertiary/aromatic N) is 2. The molecule has 6 nitrogen and oxygen atoms in total. The number of fused-ring (bicyclic) bond motifs is 2. The Morgan fingerprint density at radius 1 is 1.10 bits per heavy atom. The molecule has 0 aliphatic heterocycles. The zero-order valence-electron chi connectivity index (χ0n) is 16.9. The summed E-state index contributed by atoms with van der Waals surface area (Å²) in [5.41, 5.74) is 4.46. The number of carbonyl (C=O) groups excluding carboxylic acids is 1. The van der Waals surface area contributed by atoms with Crippen LogP contribution in [0.25, 0.3) is 22.0 Å². The molecule has 148 valence electrons. The summed E-state index contributed by atoms with van der Waals surface area (Å²) in [4.78, 5) is 21.8. The number of rotatable bonds is 5. The van der Waals surface area contributed by atoms with Crippen molar-refractivity contribution in [1.82, 2.24) is 15.3 Å². The monoisotopic (exact) mass is 389 g/mol. The van der Waals surface area contributed by atoms with Gasteiger partial charge in [0.25, 0.3) is 5.91 Å². The van der Waals surface area contributed by atoms with Crippen LogP contribution in [0.15, 0.2) is 46.9 Å². The lowest BCUT2D eigenvalue weighted by molar-refractivity contribution is 0.0936. The van der Waals surface area contributed by atoms with Crippen molar-refractivity contribution in [2.75, 3.05) is 6.61 Å². The quantitative estimate of drug-likeness (QED) is 0.526. The fourth-order valence-electron chi connectivity index (χ4n) is 3.26. The highest BCUT2D eigenvalue weighted by Gasteiger charge is 2.17. The molecule has 0 saturated carbocycles. The largest absolute Gasteiger partial charge is 0.490 e. The summed E-state index contributed by atoms with van der Waals surface area (Å²) in [6.45, 7) is 8.22. The van der Waals surface area contributed by atoms with Gasteiger partial charge in [0, 0.05) is 10.9 Å². The number of amides is 1. The summed E-state index contributed by atoms with van der Waals surface area (Å²) in [5.74, 6) is 1.19. The summed E-state index contributed by atoms with van der Waals surface area (Å²) in [6, 6.07) is 12.8. The van der Waals surface area contributed by atoms with Crippen LogP contribution in [-0.2, 0) is 0 Å². The van der Waals surface area contributed by atoms with Gasteiger partial charge in [0.15, 0.2) is 11.3 Å². The van der Waals surface area contributed by atoms with Crippen molar-refractivity contribution in [2.45, 2.75) is 33.7 Å². The lowest BCUT2D eigenvalue weighted by atomic mass is 10.1. The van der Waals surface area contributed by atoms with Gasteiger partial charge in [-0.15, -0.1) is 0 Å². The normalized spacial score (nSPS) is 12.3. The molecule has 0 radical (unpaired) electrons. The molecule has 0 saturated heterocycles. The second-order valence-corrected chi connectivity index (χ2v) is 7.05. The van der Waals surface area contributed by atoms with E-state index in [4.69, 9.17) is 9.15 Å². The molecule has 1 atom stereocenters. The molecule has 4 rings (SSSR count). The van der Waals surface area contributed by atoms with Gasteiger partial charge >= 0.3 is 0 Å². The molecule has 1 amide bonds. The van der Waals surface area contributed by atoms with E-state index in [2.05, 4.69) is 15.3 Å². The highest BCUT2D eigenvalue weighted by molar-refractivity contribution is 5.97. The summed E-state index contributed by atoms with van der Waals surface area (Å²) in [7, 11) is 0. The first-order valence-electron chi connectivity index (χ1n) is 9.67. The molecule has 0 aliphatic carbocycles. The molecule has 0 spiro atoms. The average molecular weight is 389 g/mol. The Labute approximate surface area is 168 Å². The first kappa shape index (κ1) is 18.9. The van der Waals surface area contributed by atoms with Crippen molar-refractivity contribution < 1.29 is 13.9 Å². The number of ether oxygens (including phenoxy) is 1. The van der Waals surface area contributed by atoms with Gasteiger partial charge in [0.05, 0.1) is 35.1 Å². The lowest BCUT2D eigenvalue weighted by Crippen LogP contribution is -2.26. The van der Waals surface area contributed by atoms with Crippen LogP contribution in [0.3, 0.4) is 0 Å². The fourth-order valence-corrected chi connectivity index (χ4v) is 3.26. The van der Waals surface area contributed by atoms with E-state index < -0.39 is 0 Å². The molecular formula is C23H23N3O3. The Balaban J connectivity index is 1.58. The van der Waals surface area contributed by atoms with E-state index in [-0.39, 0.29) is 11.9 Å². The van der Waals surface area contributed by atoms with Crippen molar-refractivity contribution >= 4 is 27.9 Å². The number of furan rings is 1. The number of aryl methyl sites for hydroxylation is 2. The Morgan fingerprint density at radius 3 is 2.62 bits per heavy atom. The van der Waals surface area contributed by atoms with Crippen molar-refractivity contribution in [3.05, 3.63) is 65.2 Å². The minimum Gasteiger partial charge on any atom is -0.490 e. The fraction of sp³-hybridized carbons (Fsp3) is 0.261. The molecule has 0 aliphatic rings. The predicted molar refractivity (Wildman–Crippen MR) is 112 cm³/mol. The van der Waals surface area contributed by atoms with Crippen molar-refractivity contribution in [1.29, 1.82) is 0 Å². The third-order valence-electron chi connectivity index (χ3n) is 4.94. The molecular weight excluding hydrogens is 366 g/mol. The van der Waals surface area contributed by atoms with E-state index in [1.165, 1.54) is 0 Å². The highest BCUT2D eigenvalue weighted by atomic mass is 16.5. The number of carbonyl (C=O) groups is 1. The molecule has 2 heterocycles. The van der Waals surface area contributed by atoms with Crippen molar-refractivity contribution in [3.63, 3.8) is 0 Å². The summed E-state index contributed by atoms with van der Waals surface area (Å²) < 4.78 is 11.6. The van der Waals surface area contributed by atoms with Crippen LogP contribution in [0, 0.1) is 13.8 Å². The minimum absolute atomic E-state index is 0.190. The second-order valence-electron chi connectivity index (χ2n) is 7.05. The van der Waals surface area contributed by atoms with Gasteiger partial charge in [-0.1, -0.05) is 12.1 Å². The first-order chi connectivity index (χ1) is 14.0. The molecule has 1 N–H and O–H groups in total. The third-order valence-corrected chi connectivity index (χ3v) is 4.94. The van der Waals surface area contributed by atoms with E-state index in [9.17, 15) is 4.79 Å². The maximum absolute atomic E-state index is 12.8. The lowest BCUT2D eigenvalue weighted by Gasteiger charge is -2.12. The van der Waals surface area contributed by atoms with Crippen molar-refractivity contribution in [2.24, 2.45) is 0 Å². The van der Waals surface area contributed by atoms with Gasteiger partial charge in [-0.3, -0.25) is 4.79 Å². The summed E-state index contributed by atoms with van der Waals surface area (Å²) >= 11 is 0. The third kappa shape index (κ3) is 3.66. The number of benzene rings is 2. The van der Waals surface area contributed by atoms with Gasteiger partial charge in [0.2, 0.25) is 0 Å². The Bertz CT molecular complexity index is 1210. The van der Waals surface area contributed by atoms with Gasteiger partial charge in [0.1, 0.15) is 5.76 Å². The van der Waals surface area contributed by atoms with Crippen LogP contribution in [0.2, 0.25) is 0 Å². The molecule has 0 fully saturated rings. The second kappa shape index (κ2) is 7.54. The Hall–Kier alpha value is -3.41. The standard InChI is InChI=1S/C23H23N3O3/c1-5-28-20-8-6-7-16-12-21(29-22(16)20)15(4)26-23(27)17-9-10-18-19(11-17)25-14(3)13(2)24-18/h6-12,15H,5H2,1-4H3,(H,26,27). The summed E-state index contributed by atoms with van der Waals surface area (Å²) in [5, 5.41) is 3.94. The Kier molecular flexibility index (Phi) is 4.92. The minimum atomic E-state index is -0.300. The molecule has 29 heavy (non-hydrogen) atoms. The molecule has 0 bridgehead atoms. The van der Waals surface area contributed by atoms with Crippen LogP contribution in [0.1, 0.15) is 47.4 Å². The van der Waals surface area contributed by atoms with Gasteiger partial charge in [-0.2, -0.15) is 0 Å². The van der Waals surface area contributed by atoms with Gasteiger partial charge in [-0.25, -0.2) is 9.97 Å². The summed E-state index contributed by atoms with van der Waals surface area (Å²) in [6.07, 6.45) is 0. The van der Waals surface area contributed by atoms with E-state index in [0.717, 1.165) is 22.3 Å². The molecule has 6 heteroatoms. The zero-order valence-corrected chi connectivity index (χ0v) is 16.9. The molecule has 4 aromatic rings. The van der Waals surface area contributed by atoms with Crippen LogP contribution >= 0.6 is 0 Å². The first-order valence-corrected chi connectivity index (χ1v) is 9.67. The maximum Gasteiger partial charge on any atom is 0.251 e. The van der Waals surface area contributed by atoms with Crippen molar-refractivity contribution in [3.8, 4) is 5.75 Å². The number of hydrogen-bond acceptors (Lipinski definition) is 5. The van der Waals surface area contributed by atoms with Gasteiger partial charge < -0.3 is 14.5 Å². The number of aromatic nitrogens is 2. The Morgan fingerprint density at radius 2 is 1.86 bits per heavy atom. The predicted octanol–water partition coefficient (Wildman–Crippen LogP) is 4.88. The van der Waals surface area contributed by atoms with Crippen LogP contribution in [0.4, 0.5) is 0 Å². The van der Waals surface area contributed by atoms with E-state index in [1.807, 2.05) is 58.0 Å². The zero-order chi connectivity index (χ0) is 20.5. The number of hydrogen-bond donors (Lipinski definition) is 1. The molecule has 1 unspecified atom stereocenters. The highest BCUT2D eigenvalue weighted by Crippen LogP contribution is 2.31. The number of nitrogens with one attached hydrogen (secondary N) is 1. The smallest absolute Gasteiger partial charge is 0.251 e. The van der Waals surface area contributed by atoms with E-state index >= 15 is 0 Å². The molecule has 2 aromatic heterocycles. The molecule has 2 aromatic carbocycles. The van der Waals surface area contributed by atoms with Crippen LogP contribution in [0.5, 0.6) is 5.75 Å². The van der Waals surface area contributed by atoms with Gasteiger partial charge in [-0.05, 0) is 58.0 Å². The SMILES string of the molecule is CCOc1cccc2cc(C(C)NC(=O)c3ccc4nc(C)c(C)nc4c3)oc12. The average Bonchev–Trinajstić information content (AvgIpc) is 3.14. The van der Waals surface area contributed by atoms with Crippen LogP contribution in [-0.4, -0.2) is 22.5 Å². The number of para-hydroxylation sites is 1. The topological polar surface area (TPSA) is 77.2 Å². The maximum atomic E-state index is 12.8. The van der Waals surface area contributed by atoms with E-state index in [1.54, 1.807) is 12.1 Å². The van der Waals surface area contributed by atoms with E-state index in [0.29, 0.717) is 34.8 Å².